The molecule has 1 atom stereocenters. The zero-order valence-corrected chi connectivity index (χ0v) is 11.3. The van der Waals surface area contributed by atoms with Crippen molar-refractivity contribution in [2.75, 3.05) is 38.7 Å². The van der Waals surface area contributed by atoms with Crippen LogP contribution in [0.1, 0.15) is 6.42 Å². The van der Waals surface area contributed by atoms with E-state index in [0.29, 0.717) is 13.0 Å². The van der Waals surface area contributed by atoms with Crippen LogP contribution in [0.15, 0.2) is 0 Å². The molecule has 104 valence electrons. The first-order valence-corrected chi connectivity index (χ1v) is 7.67. The predicted octanol–water partition coefficient (Wildman–Crippen LogP) is -0.511. The number of carbonyl (C=O) groups excluding carboxylic acids is 1. The molecule has 8 heteroatoms. The van der Waals surface area contributed by atoms with Gasteiger partial charge in [-0.05, 0) is 6.42 Å². The quantitative estimate of drug-likeness (QED) is 0.747. The normalized spacial score (nSPS) is 19.9. The lowest BCUT2D eigenvalue weighted by Gasteiger charge is -2.24. The molecule has 0 aromatic heterocycles. The molecule has 0 aromatic rings. The van der Waals surface area contributed by atoms with Crippen LogP contribution in [-0.2, 0) is 14.6 Å². The Hall–Kier alpha value is -1.31. The van der Waals surface area contributed by atoms with Crippen LogP contribution in [0.3, 0.4) is 0 Å². The maximum Gasteiger partial charge on any atom is 0.319 e. The minimum absolute atomic E-state index is 0.0918. The predicted molar refractivity (Wildman–Crippen MR) is 65.1 cm³/mol. The van der Waals surface area contributed by atoms with Crippen LogP contribution in [0.25, 0.3) is 0 Å². The Kier molecular flexibility index (Phi) is 4.55. The Balaban J connectivity index is 2.48. The number of hydrogen-bond donors (Lipinski definition) is 1. The molecule has 1 unspecified atom stereocenters. The summed E-state index contributed by atoms with van der Waals surface area (Å²) in [5.41, 5.74) is 0. The number of carbonyl (C=O) groups is 2. The second-order valence-electron chi connectivity index (χ2n) is 4.60. The third-order valence-electron chi connectivity index (χ3n) is 2.93. The summed E-state index contributed by atoms with van der Waals surface area (Å²) in [5.74, 6) is -1.51. The average molecular weight is 278 g/mol. The SMILES string of the molecule is CN(CCS(C)(=O)=O)C(=O)N1CCC(C(=O)O)C1. The van der Waals surface area contributed by atoms with Crippen LogP contribution < -0.4 is 0 Å². The highest BCUT2D eigenvalue weighted by molar-refractivity contribution is 7.90. The standard InChI is InChI=1S/C10H18N2O5S/c1-11(5-6-18(2,16)17)10(15)12-4-3-8(7-12)9(13)14/h8H,3-7H2,1-2H3,(H,13,14). The summed E-state index contributed by atoms with van der Waals surface area (Å²) in [6.07, 6.45) is 1.56. The van der Waals surface area contributed by atoms with Crippen LogP contribution in [0.5, 0.6) is 0 Å². The lowest BCUT2D eigenvalue weighted by atomic mass is 10.1. The number of amides is 2. The van der Waals surface area contributed by atoms with Crippen molar-refractivity contribution in [3.05, 3.63) is 0 Å². The fraction of sp³-hybridized carbons (Fsp3) is 0.800. The molecule has 0 spiro atoms. The van der Waals surface area contributed by atoms with Crippen molar-refractivity contribution in [3.8, 4) is 0 Å². The van der Waals surface area contributed by atoms with E-state index in [2.05, 4.69) is 0 Å². The van der Waals surface area contributed by atoms with Crippen molar-refractivity contribution in [2.45, 2.75) is 6.42 Å². The second kappa shape index (κ2) is 5.55. The number of rotatable bonds is 4. The number of carboxylic acid groups (broad SMARTS) is 1. The highest BCUT2D eigenvalue weighted by Crippen LogP contribution is 2.17. The van der Waals surface area contributed by atoms with Gasteiger partial charge in [-0.25, -0.2) is 13.2 Å². The first-order chi connectivity index (χ1) is 8.20. The highest BCUT2D eigenvalue weighted by atomic mass is 32.2. The van der Waals surface area contributed by atoms with Gasteiger partial charge >= 0.3 is 12.0 Å². The summed E-state index contributed by atoms with van der Waals surface area (Å²) in [7, 11) is -1.59. The first-order valence-electron chi connectivity index (χ1n) is 5.61. The Morgan fingerprint density at radius 3 is 2.50 bits per heavy atom. The van der Waals surface area contributed by atoms with Gasteiger partial charge < -0.3 is 14.9 Å². The summed E-state index contributed by atoms with van der Waals surface area (Å²) in [5, 5.41) is 8.83. The third-order valence-corrected chi connectivity index (χ3v) is 3.86. The maximum absolute atomic E-state index is 11.9. The molecule has 0 radical (unpaired) electrons. The molecular formula is C10H18N2O5S. The van der Waals surface area contributed by atoms with Gasteiger partial charge in [0.2, 0.25) is 0 Å². The molecule has 1 heterocycles. The minimum Gasteiger partial charge on any atom is -0.481 e. The summed E-state index contributed by atoms with van der Waals surface area (Å²) in [4.78, 5) is 25.4. The molecule has 7 nitrogen and oxygen atoms in total. The molecule has 1 N–H and O–H groups in total. The van der Waals surface area contributed by atoms with Crippen LogP contribution in [0, 0.1) is 5.92 Å². The number of hydrogen-bond acceptors (Lipinski definition) is 4. The van der Waals surface area contributed by atoms with E-state index in [-0.39, 0.29) is 24.9 Å². The van der Waals surface area contributed by atoms with E-state index in [1.54, 1.807) is 0 Å². The molecule has 2 amide bonds. The molecule has 1 saturated heterocycles. The van der Waals surface area contributed by atoms with E-state index < -0.39 is 21.7 Å². The first kappa shape index (κ1) is 14.7. The highest BCUT2D eigenvalue weighted by Gasteiger charge is 2.32. The minimum atomic E-state index is -3.11. The number of urea groups is 1. The lowest BCUT2D eigenvalue weighted by molar-refractivity contribution is -0.141. The average Bonchev–Trinajstić information content (AvgIpc) is 2.73. The summed E-state index contributed by atoms with van der Waals surface area (Å²) >= 11 is 0. The van der Waals surface area contributed by atoms with Gasteiger partial charge in [0.25, 0.3) is 0 Å². The Morgan fingerprint density at radius 1 is 1.44 bits per heavy atom. The lowest BCUT2D eigenvalue weighted by Crippen LogP contribution is -2.42. The zero-order valence-electron chi connectivity index (χ0n) is 10.5. The molecule has 0 aliphatic carbocycles. The van der Waals surface area contributed by atoms with Crippen molar-refractivity contribution in [3.63, 3.8) is 0 Å². The molecule has 0 saturated carbocycles. The van der Waals surface area contributed by atoms with Crippen LogP contribution >= 0.6 is 0 Å². The molecule has 1 rings (SSSR count). The van der Waals surface area contributed by atoms with Gasteiger partial charge in [0.05, 0.1) is 11.7 Å². The van der Waals surface area contributed by atoms with Crippen molar-refractivity contribution in [1.82, 2.24) is 9.80 Å². The third kappa shape index (κ3) is 4.17. The summed E-state index contributed by atoms with van der Waals surface area (Å²) in [6, 6.07) is -0.317. The maximum atomic E-state index is 11.9. The largest absolute Gasteiger partial charge is 0.481 e. The summed E-state index contributed by atoms with van der Waals surface area (Å²) < 4.78 is 22.0. The summed E-state index contributed by atoms with van der Waals surface area (Å²) in [6.45, 7) is 0.711. The molecular weight excluding hydrogens is 260 g/mol. The van der Waals surface area contributed by atoms with Gasteiger partial charge in [0.15, 0.2) is 0 Å². The fourth-order valence-electron chi connectivity index (χ4n) is 1.78. The van der Waals surface area contributed by atoms with E-state index in [1.807, 2.05) is 0 Å². The van der Waals surface area contributed by atoms with Crippen LogP contribution in [-0.4, -0.2) is 74.0 Å². The molecule has 1 aliphatic rings. The van der Waals surface area contributed by atoms with Gasteiger partial charge in [-0.2, -0.15) is 0 Å². The van der Waals surface area contributed by atoms with Crippen molar-refractivity contribution >= 4 is 21.8 Å². The fourth-order valence-corrected chi connectivity index (χ4v) is 2.38. The molecule has 0 aromatic carbocycles. The Labute approximate surface area is 106 Å². The van der Waals surface area contributed by atoms with Crippen molar-refractivity contribution in [2.24, 2.45) is 5.92 Å². The molecule has 1 fully saturated rings. The van der Waals surface area contributed by atoms with E-state index in [1.165, 1.54) is 16.8 Å². The molecule has 1 aliphatic heterocycles. The van der Waals surface area contributed by atoms with Gasteiger partial charge in [-0.3, -0.25) is 4.79 Å². The Morgan fingerprint density at radius 2 is 2.06 bits per heavy atom. The molecule has 18 heavy (non-hydrogen) atoms. The number of sulfone groups is 1. The van der Waals surface area contributed by atoms with Gasteiger partial charge in [0, 0.05) is 32.9 Å². The van der Waals surface area contributed by atoms with Crippen LogP contribution in [0.4, 0.5) is 4.79 Å². The number of nitrogens with zero attached hydrogens (tertiary/aromatic N) is 2. The van der Waals surface area contributed by atoms with E-state index in [4.69, 9.17) is 5.11 Å². The number of aliphatic carboxylic acids is 1. The topological polar surface area (TPSA) is 95.0 Å². The number of likely N-dealkylation sites (tertiary alicyclic amines) is 1. The second-order valence-corrected chi connectivity index (χ2v) is 6.86. The smallest absolute Gasteiger partial charge is 0.319 e. The van der Waals surface area contributed by atoms with E-state index >= 15 is 0 Å². The molecule has 0 bridgehead atoms. The Bertz CT molecular complexity index is 434. The zero-order chi connectivity index (χ0) is 13.9. The van der Waals surface area contributed by atoms with Gasteiger partial charge in [-0.15, -0.1) is 0 Å². The van der Waals surface area contributed by atoms with E-state index in [0.717, 1.165) is 6.26 Å². The van der Waals surface area contributed by atoms with Gasteiger partial charge in [0.1, 0.15) is 9.84 Å². The number of carboxylic acids is 1. The van der Waals surface area contributed by atoms with E-state index in [9.17, 15) is 18.0 Å². The van der Waals surface area contributed by atoms with Gasteiger partial charge in [-0.1, -0.05) is 0 Å². The van der Waals surface area contributed by atoms with Crippen molar-refractivity contribution < 1.29 is 23.1 Å². The monoisotopic (exact) mass is 278 g/mol. The van der Waals surface area contributed by atoms with Crippen molar-refractivity contribution in [1.29, 1.82) is 0 Å². The van der Waals surface area contributed by atoms with Crippen LogP contribution in [0.2, 0.25) is 0 Å².